The molecule has 0 N–H and O–H groups in total. The lowest BCUT2D eigenvalue weighted by Crippen LogP contribution is -2.21. The lowest BCUT2D eigenvalue weighted by molar-refractivity contribution is 0.522. The van der Waals surface area contributed by atoms with Crippen molar-refractivity contribution in [2.24, 2.45) is 0 Å². The van der Waals surface area contributed by atoms with Crippen LogP contribution in [0.4, 0.5) is 34.1 Å². The lowest BCUT2D eigenvalue weighted by atomic mass is 9.77. The van der Waals surface area contributed by atoms with Crippen molar-refractivity contribution in [3.05, 3.63) is 373 Å². The Bertz CT molecular complexity index is 5730. The molecule has 108 heavy (non-hydrogen) atoms. The van der Waals surface area contributed by atoms with Gasteiger partial charge >= 0.3 is 0 Å². The van der Waals surface area contributed by atoms with Gasteiger partial charge in [-0.15, -0.1) is 0 Å². The summed E-state index contributed by atoms with van der Waals surface area (Å²) in [6.07, 6.45) is 0.808. The largest absolute Gasteiger partial charge is 0.309 e. The van der Waals surface area contributed by atoms with Gasteiger partial charge in [0, 0.05) is 33.5 Å². The Hall–Kier alpha value is -11.6. The van der Waals surface area contributed by atoms with Crippen LogP contribution in [0.5, 0.6) is 0 Å². The first-order chi connectivity index (χ1) is 51.9. The van der Waals surface area contributed by atoms with Crippen LogP contribution in [0.15, 0.2) is 340 Å². The fourth-order valence-corrected chi connectivity index (χ4v) is 16.0. The molecule has 0 aliphatic heterocycles. The highest BCUT2D eigenvalue weighted by molar-refractivity contribution is 6.11. The summed E-state index contributed by atoms with van der Waals surface area (Å²) in [6, 6.07) is 128. The van der Waals surface area contributed by atoms with Crippen molar-refractivity contribution < 1.29 is 0 Å². The molecule has 0 fully saturated rings. The van der Waals surface area contributed by atoms with E-state index in [2.05, 4.69) is 446 Å². The van der Waals surface area contributed by atoms with E-state index in [9.17, 15) is 0 Å². The molecule has 0 spiro atoms. The summed E-state index contributed by atoms with van der Waals surface area (Å²) < 4.78 is 0. The van der Waals surface area contributed by atoms with Gasteiger partial charge in [-0.1, -0.05) is 382 Å². The van der Waals surface area contributed by atoms with Gasteiger partial charge in [0.1, 0.15) is 0 Å². The van der Waals surface area contributed by atoms with Crippen LogP contribution in [0.25, 0.3) is 99.4 Å². The number of anilines is 6. The third-order valence-corrected chi connectivity index (χ3v) is 22.1. The van der Waals surface area contributed by atoms with E-state index in [1.807, 2.05) is 0 Å². The molecular formula is C106H100N2. The summed E-state index contributed by atoms with van der Waals surface area (Å²) in [5, 5.41) is 4.85. The Balaban J connectivity index is 0.857. The zero-order valence-corrected chi connectivity index (χ0v) is 65.4. The normalized spacial score (nSPS) is 12.2. The minimum absolute atomic E-state index is 0.0208. The second kappa shape index (κ2) is 28.9. The number of para-hydroxylation sites is 3. The van der Waals surface area contributed by atoms with Crippen LogP contribution in [0.3, 0.4) is 0 Å². The molecule has 15 aromatic rings. The molecule has 0 saturated heterocycles. The maximum atomic E-state index is 2.58. The topological polar surface area (TPSA) is 6.48 Å². The van der Waals surface area contributed by atoms with Gasteiger partial charge in [0.05, 0.1) is 28.4 Å². The van der Waals surface area contributed by atoms with Gasteiger partial charge in [-0.3, -0.25) is 0 Å². The summed E-state index contributed by atoms with van der Waals surface area (Å²) in [4.78, 5) is 5.09. The number of nitrogens with zero attached hydrogens (tertiary/aromatic N) is 2. The Morgan fingerprint density at radius 1 is 0.204 bits per heavy atom. The predicted octanol–water partition coefficient (Wildman–Crippen LogP) is 30.3. The maximum absolute atomic E-state index is 2.58. The van der Waals surface area contributed by atoms with Crippen LogP contribution in [0.1, 0.15) is 130 Å². The first kappa shape index (κ1) is 72.0. The molecule has 0 unspecified atom stereocenters. The van der Waals surface area contributed by atoms with Gasteiger partial charge < -0.3 is 9.80 Å². The minimum Gasteiger partial charge on any atom is -0.309 e. The van der Waals surface area contributed by atoms with Crippen LogP contribution in [-0.2, 0) is 33.5 Å². The zero-order valence-electron chi connectivity index (χ0n) is 65.4. The quantitative estimate of drug-likeness (QED) is 0.0951. The van der Waals surface area contributed by atoms with Crippen LogP contribution >= 0.6 is 0 Å². The third kappa shape index (κ3) is 14.5. The average molecular weight is 1400 g/mol. The zero-order chi connectivity index (χ0) is 75.3. The van der Waals surface area contributed by atoms with Crippen molar-refractivity contribution in [1.82, 2.24) is 0 Å². The van der Waals surface area contributed by atoms with Crippen molar-refractivity contribution in [2.45, 2.75) is 130 Å². The molecule has 2 nitrogen and oxygen atoms in total. The highest BCUT2D eigenvalue weighted by atomic mass is 15.2. The van der Waals surface area contributed by atoms with Crippen LogP contribution in [0.2, 0.25) is 0 Å². The van der Waals surface area contributed by atoms with E-state index in [0.717, 1.165) is 57.2 Å². The Kier molecular flexibility index (Phi) is 19.3. The van der Waals surface area contributed by atoms with Crippen LogP contribution in [-0.4, -0.2) is 0 Å². The lowest BCUT2D eigenvalue weighted by Gasteiger charge is -2.33. The summed E-state index contributed by atoms with van der Waals surface area (Å²) in [7, 11) is 0. The first-order valence-corrected chi connectivity index (χ1v) is 38.6. The second-order valence-corrected chi connectivity index (χ2v) is 34.3. The van der Waals surface area contributed by atoms with Gasteiger partial charge in [-0.25, -0.2) is 0 Å². The number of hydrogen-bond donors (Lipinski definition) is 0. The molecule has 0 radical (unpaired) electrons. The molecule has 2 heteroatoms. The number of rotatable bonds is 16. The van der Waals surface area contributed by atoms with Crippen molar-refractivity contribution in [3.63, 3.8) is 0 Å². The van der Waals surface area contributed by atoms with Crippen molar-refractivity contribution >= 4 is 55.7 Å². The molecule has 0 amide bonds. The molecule has 15 rings (SSSR count). The highest BCUT2D eigenvalue weighted by Gasteiger charge is 2.31. The minimum atomic E-state index is -0.302. The number of hydrogen-bond acceptors (Lipinski definition) is 2. The molecule has 15 aromatic carbocycles. The smallest absolute Gasteiger partial charge is 0.0540 e. The van der Waals surface area contributed by atoms with Crippen molar-refractivity contribution in [2.75, 3.05) is 9.80 Å². The summed E-state index contributed by atoms with van der Waals surface area (Å²) in [5.41, 5.74) is 30.4. The first-order valence-electron chi connectivity index (χ1n) is 38.6. The van der Waals surface area contributed by atoms with Gasteiger partial charge in [0.25, 0.3) is 0 Å². The summed E-state index contributed by atoms with van der Waals surface area (Å²) >= 11 is 0. The third-order valence-electron chi connectivity index (χ3n) is 22.1. The molecule has 0 heterocycles. The van der Waals surface area contributed by atoms with Crippen LogP contribution < -0.4 is 9.80 Å². The molecule has 0 saturated carbocycles. The summed E-state index contributed by atoms with van der Waals surface area (Å²) in [5.74, 6) is 0. The van der Waals surface area contributed by atoms with E-state index < -0.39 is 0 Å². The Morgan fingerprint density at radius 3 is 1.03 bits per heavy atom. The number of fused-ring (bicyclic) bond motifs is 2. The molecule has 0 aliphatic carbocycles. The Labute approximate surface area is 642 Å². The SMILES string of the molecule is CC(C)(C)c1ccc(N(c2ccc(C(C)(C)Cc3cccc(-c4cccc5cccc(-c6ccccc6N(c6ccccc6-c6cc(C(C)(C)C)cc(C(C)(C)C)c6)c6ccc(C(C)(C)C)cc6-c6ccccc6)c45)c3)cc2-c2ccccc2)c2ccccc2-c2cccc3cccc(-c4ccccc4)c23)cc1. The predicted molar refractivity (Wildman–Crippen MR) is 467 cm³/mol. The van der Waals surface area contributed by atoms with E-state index in [1.165, 1.54) is 116 Å². The second-order valence-electron chi connectivity index (χ2n) is 34.3. The van der Waals surface area contributed by atoms with Crippen molar-refractivity contribution in [3.8, 4) is 77.9 Å². The van der Waals surface area contributed by atoms with E-state index in [1.54, 1.807) is 0 Å². The van der Waals surface area contributed by atoms with E-state index >= 15 is 0 Å². The maximum Gasteiger partial charge on any atom is 0.0540 e. The van der Waals surface area contributed by atoms with E-state index in [0.29, 0.717) is 0 Å². The molecule has 0 aromatic heterocycles. The number of benzene rings is 15. The standard InChI is InChI=1S/C106H100N2/c1-102(2,3)80-57-61-85(62-58-80)107(96-55-28-25-48-89(96)91-52-33-44-76-42-31-50-87(100(76)91)73-36-18-15-19-37-73)98-64-60-82(70-94(98)75-40-22-17-23-41-75)106(13,14)71-72-35-30-46-78(65-72)88-51-32-43-77-45-34-53-92(101(77)88)90-49-26-29-56-97(90)108(99-63-59-81(103(4,5)6)69-93(99)74-38-20-16-21-39-74)95-54-27-24-47-86(95)79-66-83(104(7,8)9)68-84(67-79)105(10,11)12/h15-70H,71H2,1-14H3. The van der Waals surface area contributed by atoms with Gasteiger partial charge in [0.2, 0.25) is 0 Å². The van der Waals surface area contributed by atoms with Gasteiger partial charge in [-0.05, 0) is 193 Å². The molecule has 0 aliphatic rings. The summed E-state index contributed by atoms with van der Waals surface area (Å²) in [6.45, 7) is 32.7. The van der Waals surface area contributed by atoms with E-state index in [-0.39, 0.29) is 27.1 Å². The monoisotopic (exact) mass is 1400 g/mol. The molecule has 0 bridgehead atoms. The van der Waals surface area contributed by atoms with Gasteiger partial charge in [0.15, 0.2) is 0 Å². The molecule has 0 atom stereocenters. The van der Waals surface area contributed by atoms with Crippen molar-refractivity contribution in [1.29, 1.82) is 0 Å². The molecular weight excluding hydrogens is 1300 g/mol. The van der Waals surface area contributed by atoms with Crippen LogP contribution in [0, 0.1) is 0 Å². The molecule has 534 valence electrons. The highest BCUT2D eigenvalue weighted by Crippen LogP contribution is 2.53. The Morgan fingerprint density at radius 2 is 0.546 bits per heavy atom. The average Bonchev–Trinajstić information content (AvgIpc) is 0.750. The van der Waals surface area contributed by atoms with Gasteiger partial charge in [-0.2, -0.15) is 0 Å². The fourth-order valence-electron chi connectivity index (χ4n) is 16.0. The fraction of sp³-hybridized carbons (Fsp3) is 0.189. The van der Waals surface area contributed by atoms with E-state index in [4.69, 9.17) is 0 Å².